The van der Waals surface area contributed by atoms with Crippen LogP contribution in [0.25, 0.3) is 5.76 Å². The van der Waals surface area contributed by atoms with Gasteiger partial charge in [-0.05, 0) is 60.4 Å². The lowest BCUT2D eigenvalue weighted by Crippen LogP contribution is -2.29. The van der Waals surface area contributed by atoms with Gasteiger partial charge in [0.1, 0.15) is 11.5 Å². The third-order valence-electron chi connectivity index (χ3n) is 6.00. The van der Waals surface area contributed by atoms with Gasteiger partial charge in [0.05, 0.1) is 29.9 Å². The van der Waals surface area contributed by atoms with E-state index >= 15 is 0 Å². The average Bonchev–Trinajstić information content (AvgIpc) is 3.17. The number of nitriles is 1. The van der Waals surface area contributed by atoms with Crippen LogP contribution in [0.2, 0.25) is 0 Å². The number of rotatable bonds is 7. The summed E-state index contributed by atoms with van der Waals surface area (Å²) < 4.78 is 5.78. The van der Waals surface area contributed by atoms with Crippen molar-refractivity contribution < 1.29 is 19.4 Å². The molecule has 0 saturated carbocycles. The first-order valence-corrected chi connectivity index (χ1v) is 11.6. The van der Waals surface area contributed by atoms with Gasteiger partial charge in [0.15, 0.2) is 0 Å². The number of amides is 1. The van der Waals surface area contributed by atoms with Crippen LogP contribution in [0.15, 0.2) is 78.4 Å². The van der Waals surface area contributed by atoms with E-state index in [1.165, 1.54) is 4.90 Å². The molecule has 6 nitrogen and oxygen atoms in total. The molecular formula is C29H26N2O4. The van der Waals surface area contributed by atoms with Gasteiger partial charge in [0, 0.05) is 11.3 Å². The molecule has 1 fully saturated rings. The first-order chi connectivity index (χ1) is 17.0. The minimum atomic E-state index is -0.862. The summed E-state index contributed by atoms with van der Waals surface area (Å²) in [5, 5.41) is 20.4. The minimum Gasteiger partial charge on any atom is -0.507 e. The third-order valence-corrected chi connectivity index (χ3v) is 6.00. The Bertz CT molecular complexity index is 1320. The van der Waals surface area contributed by atoms with Crippen LogP contribution < -0.4 is 9.64 Å². The molecule has 1 atom stereocenters. The second-order valence-electron chi connectivity index (χ2n) is 8.30. The van der Waals surface area contributed by atoms with Crippen molar-refractivity contribution in [3.05, 3.63) is 101 Å². The van der Waals surface area contributed by atoms with Crippen molar-refractivity contribution in [1.29, 1.82) is 5.26 Å². The average molecular weight is 467 g/mol. The molecule has 1 saturated heterocycles. The number of ketones is 1. The van der Waals surface area contributed by atoms with E-state index in [0.717, 1.165) is 18.4 Å². The summed E-state index contributed by atoms with van der Waals surface area (Å²) >= 11 is 0. The summed E-state index contributed by atoms with van der Waals surface area (Å²) in [6.07, 6.45) is 1.68. The van der Waals surface area contributed by atoms with E-state index < -0.39 is 17.7 Å². The van der Waals surface area contributed by atoms with Gasteiger partial charge in [-0.15, -0.1) is 0 Å². The lowest BCUT2D eigenvalue weighted by Gasteiger charge is -2.26. The number of hydrogen-bond donors (Lipinski definition) is 1. The van der Waals surface area contributed by atoms with Crippen molar-refractivity contribution in [2.45, 2.75) is 32.7 Å². The molecule has 4 rings (SSSR count). The van der Waals surface area contributed by atoms with E-state index in [2.05, 4.69) is 6.07 Å². The number of nitrogens with zero attached hydrogens (tertiary/aromatic N) is 2. The highest BCUT2D eigenvalue weighted by Crippen LogP contribution is 2.42. The Kier molecular flexibility index (Phi) is 6.98. The molecule has 6 heteroatoms. The number of carbonyl (C=O) groups is 2. The van der Waals surface area contributed by atoms with Gasteiger partial charge in [-0.2, -0.15) is 5.26 Å². The molecule has 176 valence electrons. The fraction of sp³-hybridized carbons (Fsp3) is 0.207. The molecular weight excluding hydrogens is 440 g/mol. The molecule has 3 aromatic carbocycles. The molecule has 1 unspecified atom stereocenters. The molecule has 3 aromatic rings. The van der Waals surface area contributed by atoms with Gasteiger partial charge < -0.3 is 9.84 Å². The van der Waals surface area contributed by atoms with E-state index in [0.29, 0.717) is 34.7 Å². The predicted octanol–water partition coefficient (Wildman–Crippen LogP) is 5.54. The number of hydrogen-bond acceptors (Lipinski definition) is 5. The largest absolute Gasteiger partial charge is 0.507 e. The zero-order chi connectivity index (χ0) is 24.9. The molecule has 1 heterocycles. The Morgan fingerprint density at radius 3 is 2.37 bits per heavy atom. The molecule has 0 aromatic heterocycles. The van der Waals surface area contributed by atoms with E-state index in [9.17, 15) is 14.7 Å². The summed E-state index contributed by atoms with van der Waals surface area (Å²) in [6.45, 7) is 4.57. The number of aliphatic hydroxyl groups excluding tert-OH is 1. The Morgan fingerprint density at radius 1 is 1.03 bits per heavy atom. The maximum Gasteiger partial charge on any atom is 0.300 e. The van der Waals surface area contributed by atoms with Crippen molar-refractivity contribution in [1.82, 2.24) is 0 Å². The maximum absolute atomic E-state index is 13.3. The third kappa shape index (κ3) is 4.67. The van der Waals surface area contributed by atoms with Crippen molar-refractivity contribution in [2.75, 3.05) is 11.5 Å². The number of ether oxygens (including phenoxy) is 1. The summed E-state index contributed by atoms with van der Waals surface area (Å²) in [4.78, 5) is 27.9. The van der Waals surface area contributed by atoms with Crippen LogP contribution in [0.1, 0.15) is 48.6 Å². The van der Waals surface area contributed by atoms with Crippen LogP contribution in [-0.2, 0) is 16.0 Å². The standard InChI is InChI=1S/C29H26N2O4/c1-3-16-35-24-7-5-6-22(17-24)26-25(27(32)21-12-8-19(4-2)9-13-21)28(33)29(34)31(26)23-14-10-20(18-30)11-15-23/h5-15,17,26,32H,3-4,16H2,1-2H3/b27-25-. The van der Waals surface area contributed by atoms with Gasteiger partial charge in [0.25, 0.3) is 11.7 Å². The molecule has 0 aliphatic carbocycles. The highest BCUT2D eigenvalue weighted by Gasteiger charge is 2.47. The number of anilines is 1. The molecule has 1 N–H and O–H groups in total. The smallest absolute Gasteiger partial charge is 0.300 e. The lowest BCUT2D eigenvalue weighted by atomic mass is 9.94. The predicted molar refractivity (Wildman–Crippen MR) is 134 cm³/mol. The van der Waals surface area contributed by atoms with Crippen LogP contribution in [0.5, 0.6) is 5.75 Å². The molecule has 0 bridgehead atoms. The fourth-order valence-electron chi connectivity index (χ4n) is 4.16. The fourth-order valence-corrected chi connectivity index (χ4v) is 4.16. The first-order valence-electron chi connectivity index (χ1n) is 11.6. The molecule has 1 aliphatic heterocycles. The van der Waals surface area contributed by atoms with E-state index in [4.69, 9.17) is 10.00 Å². The normalized spacial score (nSPS) is 16.8. The van der Waals surface area contributed by atoms with Gasteiger partial charge in [0.2, 0.25) is 0 Å². The van der Waals surface area contributed by atoms with Crippen molar-refractivity contribution in [3.8, 4) is 11.8 Å². The number of carbonyl (C=O) groups excluding carboxylic acids is 2. The van der Waals surface area contributed by atoms with E-state index in [1.807, 2.05) is 32.0 Å². The Morgan fingerprint density at radius 2 is 1.74 bits per heavy atom. The summed E-state index contributed by atoms with van der Waals surface area (Å²) in [7, 11) is 0. The zero-order valence-corrected chi connectivity index (χ0v) is 19.7. The van der Waals surface area contributed by atoms with Crippen LogP contribution in [0, 0.1) is 11.3 Å². The van der Waals surface area contributed by atoms with Gasteiger partial charge in [-0.3, -0.25) is 14.5 Å². The van der Waals surface area contributed by atoms with Gasteiger partial charge in [-0.25, -0.2) is 0 Å². The quantitative estimate of drug-likeness (QED) is 0.281. The summed E-state index contributed by atoms with van der Waals surface area (Å²) in [5.74, 6) is -1.13. The molecule has 1 aliphatic rings. The molecule has 35 heavy (non-hydrogen) atoms. The number of Topliss-reactive ketones (excluding diaryl/α,β-unsaturated/α-hetero) is 1. The maximum atomic E-state index is 13.3. The highest BCUT2D eigenvalue weighted by atomic mass is 16.5. The summed E-state index contributed by atoms with van der Waals surface area (Å²) in [6, 6.07) is 22.1. The second kappa shape index (κ2) is 10.3. The summed E-state index contributed by atoms with van der Waals surface area (Å²) in [5.41, 5.74) is 3.09. The van der Waals surface area contributed by atoms with Gasteiger partial charge >= 0.3 is 0 Å². The van der Waals surface area contributed by atoms with Crippen molar-refractivity contribution >= 4 is 23.1 Å². The Hall–Kier alpha value is -4.37. The minimum absolute atomic E-state index is 0.0104. The first kappa shape index (κ1) is 23.8. The number of aliphatic hydroxyl groups is 1. The van der Waals surface area contributed by atoms with Crippen LogP contribution in [-0.4, -0.2) is 23.4 Å². The SMILES string of the molecule is CCCOc1cccc(C2/C(=C(/O)c3ccc(CC)cc3)C(=O)C(=O)N2c2ccc(C#N)cc2)c1. The van der Waals surface area contributed by atoms with E-state index in [-0.39, 0.29) is 11.3 Å². The van der Waals surface area contributed by atoms with Gasteiger partial charge in [-0.1, -0.05) is 50.2 Å². The van der Waals surface area contributed by atoms with Crippen molar-refractivity contribution in [3.63, 3.8) is 0 Å². The van der Waals surface area contributed by atoms with Crippen molar-refractivity contribution in [2.24, 2.45) is 0 Å². The molecule has 1 amide bonds. The monoisotopic (exact) mass is 466 g/mol. The van der Waals surface area contributed by atoms with Crippen LogP contribution >= 0.6 is 0 Å². The van der Waals surface area contributed by atoms with E-state index in [1.54, 1.807) is 54.6 Å². The number of aryl methyl sites for hydroxylation is 1. The zero-order valence-electron chi connectivity index (χ0n) is 19.7. The lowest BCUT2D eigenvalue weighted by molar-refractivity contribution is -0.132. The number of benzene rings is 3. The van der Waals surface area contributed by atoms with Crippen LogP contribution in [0.3, 0.4) is 0 Å². The second-order valence-corrected chi connectivity index (χ2v) is 8.30. The molecule has 0 spiro atoms. The topological polar surface area (TPSA) is 90.6 Å². The molecule has 0 radical (unpaired) electrons. The Labute approximate surface area is 204 Å². The van der Waals surface area contributed by atoms with Crippen LogP contribution in [0.4, 0.5) is 5.69 Å². The Balaban J connectivity index is 1.89. The highest BCUT2D eigenvalue weighted by molar-refractivity contribution is 6.51.